The van der Waals surface area contributed by atoms with Crippen molar-refractivity contribution in [2.45, 2.75) is 102 Å². The van der Waals surface area contributed by atoms with Crippen LogP contribution in [0.25, 0.3) is 0 Å². The summed E-state index contributed by atoms with van der Waals surface area (Å²) in [5.41, 5.74) is 1.98. The van der Waals surface area contributed by atoms with E-state index in [9.17, 15) is 13.5 Å². The molecule has 4 aliphatic rings. The molecule has 40 heavy (non-hydrogen) atoms. The number of aliphatic hydroxyl groups excluding tert-OH is 1. The Balaban J connectivity index is 0.000000285. The highest BCUT2D eigenvalue weighted by Crippen LogP contribution is 2.34. The summed E-state index contributed by atoms with van der Waals surface area (Å²) >= 11 is 0. The maximum Gasteiger partial charge on any atom is 0.264 e. The molecule has 2 aliphatic carbocycles. The van der Waals surface area contributed by atoms with Gasteiger partial charge >= 0.3 is 0 Å². The highest BCUT2D eigenvalue weighted by molar-refractivity contribution is 7.86. The molecule has 3 N–H and O–H groups in total. The van der Waals surface area contributed by atoms with Crippen LogP contribution in [0.3, 0.4) is 0 Å². The van der Waals surface area contributed by atoms with Gasteiger partial charge in [0, 0.05) is 29.2 Å². The van der Waals surface area contributed by atoms with E-state index in [4.69, 9.17) is 13.7 Å². The molecule has 0 spiro atoms. The van der Waals surface area contributed by atoms with E-state index in [-0.39, 0.29) is 22.5 Å². The zero-order valence-corrected chi connectivity index (χ0v) is 24.3. The summed E-state index contributed by atoms with van der Waals surface area (Å²) in [5, 5.41) is 16.4. The number of rotatable bonds is 6. The normalized spacial score (nSPS) is 25.5. The fraction of sp³-hybridized carbons (Fsp3) is 0.704. The van der Waals surface area contributed by atoms with Crippen LogP contribution in [0.15, 0.2) is 0 Å². The Morgan fingerprint density at radius 3 is 1.68 bits per heavy atom. The average Bonchev–Trinajstić information content (AvgIpc) is 3.56. The second-order valence-electron chi connectivity index (χ2n) is 11.1. The fourth-order valence-corrected chi connectivity index (χ4v) is 6.42. The molecule has 12 nitrogen and oxygen atoms in total. The highest BCUT2D eigenvalue weighted by Gasteiger charge is 2.28. The van der Waals surface area contributed by atoms with Crippen LogP contribution in [-0.2, 0) is 27.1 Å². The monoisotopic (exact) mass is 582 g/mol. The first-order valence-electron chi connectivity index (χ1n) is 14.2. The largest absolute Gasteiger partial charge is 0.487 e. The number of aliphatic hydroxyl groups is 1. The van der Waals surface area contributed by atoms with Crippen LogP contribution in [0, 0.1) is 13.8 Å². The maximum absolute atomic E-state index is 11.2. The van der Waals surface area contributed by atoms with Gasteiger partial charge in [0.2, 0.25) is 0 Å². The predicted octanol–water partition coefficient (Wildman–Crippen LogP) is 3.59. The molecule has 4 heterocycles. The molecule has 0 aromatic carbocycles. The van der Waals surface area contributed by atoms with Gasteiger partial charge in [-0.15, -0.1) is 0 Å². The van der Waals surface area contributed by atoms with Crippen molar-refractivity contribution in [3.63, 3.8) is 0 Å². The molecule has 2 aromatic rings. The SMILES string of the molecule is Cc1nc2c(c(NC3CCC(O)CC3)n1)OCC2.Cc1nc2c(c(NC3CCC(OS(C)(=O)=O)CC3)n1)OCC2.[HH].[HH].[HH]. The van der Waals surface area contributed by atoms with E-state index in [2.05, 4.69) is 30.6 Å². The summed E-state index contributed by atoms with van der Waals surface area (Å²) in [7, 11) is -3.37. The number of nitrogens with one attached hydrogen (secondary N) is 2. The number of aromatic nitrogens is 4. The first-order valence-corrected chi connectivity index (χ1v) is 16.0. The summed E-state index contributed by atoms with van der Waals surface area (Å²) in [4.78, 5) is 17.7. The Morgan fingerprint density at radius 2 is 1.23 bits per heavy atom. The van der Waals surface area contributed by atoms with Crippen molar-refractivity contribution in [1.82, 2.24) is 19.9 Å². The summed E-state index contributed by atoms with van der Waals surface area (Å²) in [6.07, 6.45) is 9.29. The van der Waals surface area contributed by atoms with E-state index in [1.165, 1.54) is 0 Å². The molecular formula is C27H46N6O6S. The third kappa shape index (κ3) is 7.49. The van der Waals surface area contributed by atoms with Crippen molar-refractivity contribution in [2.75, 3.05) is 30.1 Å². The molecule has 0 amide bonds. The van der Waals surface area contributed by atoms with Crippen molar-refractivity contribution >= 4 is 21.8 Å². The summed E-state index contributed by atoms with van der Waals surface area (Å²) in [5.74, 6) is 4.70. The molecular weight excluding hydrogens is 536 g/mol. The second kappa shape index (κ2) is 12.4. The standard InChI is InChI=1S/C14H21N3O4S.C13H19N3O2.3H2/c1-9-15-12-7-8-20-13(12)14(16-9)17-10-3-5-11(6-4-10)21-22(2,18)19;1-8-14-11-6-7-18-12(11)13(15-8)16-9-2-4-10(17)5-3-9;;;/h10-11H,3-8H2,1-2H3,(H,15,16,17);9-10,17H,2-7H2,1H3,(H,14,15,16);3*1H. The molecule has 0 atom stereocenters. The van der Waals surface area contributed by atoms with Crippen LogP contribution in [0.1, 0.15) is 78.7 Å². The third-order valence-corrected chi connectivity index (χ3v) is 8.25. The lowest BCUT2D eigenvalue weighted by molar-refractivity contribution is 0.126. The average molecular weight is 583 g/mol. The molecule has 2 aliphatic heterocycles. The smallest absolute Gasteiger partial charge is 0.264 e. The van der Waals surface area contributed by atoms with Crippen molar-refractivity contribution in [2.24, 2.45) is 0 Å². The number of ether oxygens (including phenoxy) is 2. The molecule has 0 radical (unpaired) electrons. The van der Waals surface area contributed by atoms with E-state index in [0.29, 0.717) is 19.3 Å². The summed E-state index contributed by atoms with van der Waals surface area (Å²) in [6.45, 7) is 5.14. The van der Waals surface area contributed by atoms with Crippen molar-refractivity contribution in [3.05, 3.63) is 23.0 Å². The molecule has 2 saturated carbocycles. The third-order valence-electron chi connectivity index (χ3n) is 7.63. The van der Waals surface area contributed by atoms with Crippen LogP contribution in [0.4, 0.5) is 11.6 Å². The fourth-order valence-electron chi connectivity index (χ4n) is 5.74. The first-order chi connectivity index (χ1) is 19.1. The number of nitrogens with zero attached hydrogens (tertiary/aromatic N) is 4. The van der Waals surface area contributed by atoms with Gasteiger partial charge in [-0.2, -0.15) is 8.42 Å². The molecule has 0 bridgehead atoms. The lowest BCUT2D eigenvalue weighted by Gasteiger charge is -2.29. The summed E-state index contributed by atoms with van der Waals surface area (Å²) in [6, 6.07) is 0.637. The number of hydrogen-bond acceptors (Lipinski definition) is 12. The maximum atomic E-state index is 11.2. The molecule has 2 fully saturated rings. The van der Waals surface area contributed by atoms with Gasteiger partial charge in [0.25, 0.3) is 10.1 Å². The van der Waals surface area contributed by atoms with Gasteiger partial charge in [0.15, 0.2) is 23.1 Å². The number of aryl methyl sites for hydroxylation is 2. The quantitative estimate of drug-likeness (QED) is 0.426. The second-order valence-corrected chi connectivity index (χ2v) is 12.7. The zero-order valence-electron chi connectivity index (χ0n) is 23.5. The minimum Gasteiger partial charge on any atom is -0.487 e. The van der Waals surface area contributed by atoms with Crippen LogP contribution in [0.5, 0.6) is 11.5 Å². The molecule has 0 saturated heterocycles. The highest BCUT2D eigenvalue weighted by atomic mass is 32.2. The number of anilines is 2. The Hall–Kier alpha value is -2.77. The van der Waals surface area contributed by atoms with Crippen molar-refractivity contribution in [3.8, 4) is 11.5 Å². The molecule has 226 valence electrons. The van der Waals surface area contributed by atoms with E-state index in [1.54, 1.807) is 0 Å². The van der Waals surface area contributed by atoms with E-state index in [0.717, 1.165) is 117 Å². The zero-order chi connectivity index (χ0) is 28.3. The molecule has 2 aromatic heterocycles. The van der Waals surface area contributed by atoms with Gasteiger partial charge in [-0.1, -0.05) is 0 Å². The van der Waals surface area contributed by atoms with Gasteiger partial charge in [0.05, 0.1) is 43.1 Å². The number of hydrogen-bond donors (Lipinski definition) is 3. The molecule has 0 unspecified atom stereocenters. The van der Waals surface area contributed by atoms with E-state index in [1.807, 2.05) is 13.8 Å². The first kappa shape index (κ1) is 28.7. The molecule has 6 rings (SSSR count). The Morgan fingerprint density at radius 1 is 0.775 bits per heavy atom. The van der Waals surface area contributed by atoms with Gasteiger partial charge < -0.3 is 25.2 Å². The topological polar surface area (TPSA) is 158 Å². The van der Waals surface area contributed by atoms with Gasteiger partial charge in [-0.25, -0.2) is 19.9 Å². The lowest BCUT2D eigenvalue weighted by Crippen LogP contribution is -2.31. The van der Waals surface area contributed by atoms with Crippen LogP contribution in [0.2, 0.25) is 0 Å². The van der Waals surface area contributed by atoms with Gasteiger partial charge in [0.1, 0.15) is 11.6 Å². The van der Waals surface area contributed by atoms with Crippen molar-refractivity contribution < 1.29 is 31.5 Å². The lowest BCUT2D eigenvalue weighted by atomic mass is 9.93. The van der Waals surface area contributed by atoms with Crippen LogP contribution in [-0.4, -0.2) is 77.2 Å². The van der Waals surface area contributed by atoms with Crippen LogP contribution >= 0.6 is 0 Å². The Kier molecular flexibility index (Phi) is 8.91. The summed E-state index contributed by atoms with van der Waals surface area (Å²) < 4.78 is 38.6. The van der Waals surface area contributed by atoms with Gasteiger partial charge in [-0.05, 0) is 65.2 Å². The van der Waals surface area contributed by atoms with Crippen LogP contribution < -0.4 is 20.1 Å². The van der Waals surface area contributed by atoms with Crippen molar-refractivity contribution in [1.29, 1.82) is 0 Å². The Bertz CT molecular complexity index is 1310. The predicted molar refractivity (Wildman–Crippen MR) is 156 cm³/mol. The number of fused-ring (bicyclic) bond motifs is 2. The Labute approximate surface area is 240 Å². The minimum atomic E-state index is -3.37. The van der Waals surface area contributed by atoms with E-state index >= 15 is 0 Å². The van der Waals surface area contributed by atoms with E-state index < -0.39 is 10.1 Å². The molecule has 13 heteroatoms. The van der Waals surface area contributed by atoms with Gasteiger partial charge in [-0.3, -0.25) is 4.18 Å². The minimum absolute atomic E-state index is 0.